The number of ether oxygens (including phenoxy) is 1. The highest BCUT2D eigenvalue weighted by molar-refractivity contribution is 9.10. The van der Waals surface area contributed by atoms with Crippen molar-refractivity contribution in [1.29, 1.82) is 0 Å². The lowest BCUT2D eigenvalue weighted by Gasteiger charge is -2.31. The van der Waals surface area contributed by atoms with Crippen molar-refractivity contribution < 1.29 is 26.3 Å². The summed E-state index contributed by atoms with van der Waals surface area (Å²) in [6.07, 6.45) is -1.43. The first kappa shape index (κ1) is 19.0. The van der Waals surface area contributed by atoms with Crippen LogP contribution >= 0.6 is 27.5 Å². The number of anilines is 1. The van der Waals surface area contributed by atoms with Crippen molar-refractivity contribution in [2.75, 3.05) is 24.3 Å². The first-order valence-electron chi connectivity index (χ1n) is 7.85. The van der Waals surface area contributed by atoms with Crippen molar-refractivity contribution in [3.05, 3.63) is 15.3 Å². The van der Waals surface area contributed by atoms with E-state index in [4.69, 9.17) is 16.3 Å². The number of aromatic nitrogens is 2. The first-order valence-corrected chi connectivity index (χ1v) is 10.9. The van der Waals surface area contributed by atoms with Crippen LogP contribution in [0.2, 0.25) is 5.02 Å². The highest BCUT2D eigenvalue weighted by Crippen LogP contribution is 2.52. The van der Waals surface area contributed by atoms with Gasteiger partial charge >= 0.3 is 0 Å². The lowest BCUT2D eigenvalue weighted by molar-refractivity contribution is 0.0984. The quantitative estimate of drug-likeness (QED) is 0.488. The smallest absolute Gasteiger partial charge is 0.261 e. The van der Waals surface area contributed by atoms with E-state index in [1.54, 1.807) is 0 Å². The van der Waals surface area contributed by atoms with E-state index < -0.39 is 32.8 Å². The fraction of sp³-hybridized carbons (Fsp3) is 0.467. The highest BCUT2D eigenvalue weighted by atomic mass is 79.9. The Balaban J connectivity index is 2.14. The molecular weight excluding hydrogens is 475 g/mol. The number of hydrogen-bond donors (Lipinski definition) is 0. The van der Waals surface area contributed by atoms with Gasteiger partial charge in [-0.15, -0.1) is 0 Å². The zero-order valence-electron chi connectivity index (χ0n) is 13.8. The SMILES string of the molecule is CS(=O)(=O)c1nc2c3c(c(Cl)c(Br)c(F)c3n1)OCCN2C1(C(F)F)CC1. The zero-order valence-corrected chi connectivity index (χ0v) is 16.9. The van der Waals surface area contributed by atoms with Crippen LogP contribution in [0.1, 0.15) is 12.8 Å². The number of nitrogens with zero attached hydrogens (tertiary/aromatic N) is 3. The predicted octanol–water partition coefficient (Wildman–Crippen LogP) is 3.58. The van der Waals surface area contributed by atoms with Gasteiger partial charge in [-0.3, -0.25) is 0 Å². The number of halogens is 5. The summed E-state index contributed by atoms with van der Waals surface area (Å²) in [5.74, 6) is -0.999. The van der Waals surface area contributed by atoms with E-state index in [2.05, 4.69) is 25.9 Å². The van der Waals surface area contributed by atoms with Crippen molar-refractivity contribution in [3.63, 3.8) is 0 Å². The lowest BCUT2D eigenvalue weighted by atomic mass is 10.1. The summed E-state index contributed by atoms with van der Waals surface area (Å²) in [5, 5.41) is -0.765. The number of rotatable bonds is 3. The van der Waals surface area contributed by atoms with Gasteiger partial charge in [0.05, 0.1) is 16.4 Å². The molecule has 0 N–H and O–H groups in total. The summed E-state index contributed by atoms with van der Waals surface area (Å²) in [6.45, 7) is 0.00975. The van der Waals surface area contributed by atoms with Gasteiger partial charge in [-0.1, -0.05) is 11.6 Å². The molecule has 6 nitrogen and oxygen atoms in total. The third kappa shape index (κ3) is 2.77. The molecule has 1 fully saturated rings. The van der Waals surface area contributed by atoms with Gasteiger partial charge in [0.2, 0.25) is 15.0 Å². The van der Waals surface area contributed by atoms with Gasteiger partial charge in [-0.2, -0.15) is 0 Å². The number of benzene rings is 1. The average Bonchev–Trinajstić information content (AvgIpc) is 3.40. The van der Waals surface area contributed by atoms with Crippen molar-refractivity contribution in [2.45, 2.75) is 30.0 Å². The minimum absolute atomic E-state index is 0.00801. The molecule has 0 saturated heterocycles. The second kappa shape index (κ2) is 6.08. The summed E-state index contributed by atoms with van der Waals surface area (Å²) in [7, 11) is -3.93. The largest absolute Gasteiger partial charge is 0.489 e. The molecule has 1 aliphatic heterocycles. The van der Waals surface area contributed by atoms with Gasteiger partial charge in [0.15, 0.2) is 11.6 Å². The van der Waals surface area contributed by atoms with Gasteiger partial charge in [-0.05, 0) is 28.8 Å². The standard InChI is InChI=1S/C15H12BrClF3N3O3S/c1-27(24,25)14-21-10-6-11(8(17)7(16)9(10)18)26-5-4-23(12(6)22-14)15(2-3-15)13(19)20/h13H,2-5H2,1H3. The maximum absolute atomic E-state index is 14.8. The molecule has 2 aromatic rings. The molecule has 1 aromatic heterocycles. The molecule has 2 heterocycles. The number of sulfone groups is 1. The van der Waals surface area contributed by atoms with Crippen LogP contribution in [0.5, 0.6) is 5.75 Å². The van der Waals surface area contributed by atoms with Gasteiger partial charge in [0.1, 0.15) is 28.5 Å². The van der Waals surface area contributed by atoms with Crippen LogP contribution in [-0.4, -0.2) is 49.8 Å². The molecule has 12 heteroatoms. The summed E-state index contributed by atoms with van der Waals surface area (Å²) in [6, 6.07) is 0. The lowest BCUT2D eigenvalue weighted by Crippen LogP contribution is -2.45. The van der Waals surface area contributed by atoms with Gasteiger partial charge < -0.3 is 9.64 Å². The second-order valence-corrected chi connectivity index (χ2v) is 9.58. The molecule has 146 valence electrons. The molecule has 0 spiro atoms. The van der Waals surface area contributed by atoms with E-state index in [9.17, 15) is 21.6 Å². The maximum atomic E-state index is 14.8. The fourth-order valence-electron chi connectivity index (χ4n) is 3.22. The molecule has 0 unspecified atom stereocenters. The molecule has 0 bridgehead atoms. The molecule has 0 radical (unpaired) electrons. The Labute approximate surface area is 165 Å². The third-order valence-electron chi connectivity index (χ3n) is 4.74. The van der Waals surface area contributed by atoms with Crippen LogP contribution < -0.4 is 9.64 Å². The van der Waals surface area contributed by atoms with Crippen molar-refractivity contribution in [2.24, 2.45) is 0 Å². The Hall–Kier alpha value is -1.33. The van der Waals surface area contributed by atoms with E-state index in [1.165, 1.54) is 4.90 Å². The predicted molar refractivity (Wildman–Crippen MR) is 96.1 cm³/mol. The molecule has 0 amide bonds. The van der Waals surface area contributed by atoms with Crippen LogP contribution in [0.15, 0.2) is 9.63 Å². The number of hydrogen-bond acceptors (Lipinski definition) is 6. The zero-order chi connectivity index (χ0) is 19.7. The van der Waals surface area contributed by atoms with E-state index in [0.717, 1.165) is 6.26 Å². The molecule has 1 aliphatic carbocycles. The van der Waals surface area contributed by atoms with E-state index >= 15 is 0 Å². The normalized spacial score (nSPS) is 18.6. The molecule has 1 aromatic carbocycles. The van der Waals surface area contributed by atoms with E-state index in [1.807, 2.05) is 0 Å². The topological polar surface area (TPSA) is 72.4 Å². The van der Waals surface area contributed by atoms with Crippen molar-refractivity contribution >= 4 is 54.1 Å². The third-order valence-corrected chi connectivity index (χ3v) is 6.92. The van der Waals surface area contributed by atoms with Crippen LogP contribution in [-0.2, 0) is 9.84 Å². The van der Waals surface area contributed by atoms with Crippen LogP contribution in [0.3, 0.4) is 0 Å². The molecule has 4 rings (SSSR count). The van der Waals surface area contributed by atoms with E-state index in [0.29, 0.717) is 0 Å². The van der Waals surface area contributed by atoms with Crippen LogP contribution in [0.25, 0.3) is 10.9 Å². The second-order valence-electron chi connectivity index (χ2n) is 6.50. The summed E-state index contributed by atoms with van der Waals surface area (Å²) in [4.78, 5) is 9.14. The molecule has 0 atom stereocenters. The summed E-state index contributed by atoms with van der Waals surface area (Å²) < 4.78 is 71.8. The first-order chi connectivity index (χ1) is 12.6. The van der Waals surface area contributed by atoms with Gasteiger partial charge in [-0.25, -0.2) is 31.6 Å². The number of alkyl halides is 2. The minimum Gasteiger partial charge on any atom is -0.489 e. The maximum Gasteiger partial charge on any atom is 0.261 e. The van der Waals surface area contributed by atoms with Gasteiger partial charge in [0, 0.05) is 6.26 Å². The molecular formula is C15H12BrClF3N3O3S. The monoisotopic (exact) mass is 485 g/mol. The summed E-state index contributed by atoms with van der Waals surface area (Å²) in [5.41, 5.74) is -1.85. The van der Waals surface area contributed by atoms with Crippen LogP contribution in [0.4, 0.5) is 19.0 Å². The van der Waals surface area contributed by atoms with E-state index in [-0.39, 0.29) is 58.0 Å². The Morgan fingerprint density at radius 3 is 2.56 bits per heavy atom. The van der Waals surface area contributed by atoms with Crippen molar-refractivity contribution in [3.8, 4) is 5.75 Å². The Morgan fingerprint density at radius 2 is 2.00 bits per heavy atom. The minimum atomic E-state index is -3.93. The van der Waals surface area contributed by atoms with Gasteiger partial charge in [0.25, 0.3) is 6.43 Å². The Morgan fingerprint density at radius 1 is 1.33 bits per heavy atom. The van der Waals surface area contributed by atoms with Crippen LogP contribution in [0, 0.1) is 5.82 Å². The summed E-state index contributed by atoms with van der Waals surface area (Å²) >= 11 is 9.17. The Bertz CT molecular complexity index is 1080. The average molecular weight is 487 g/mol. The molecule has 27 heavy (non-hydrogen) atoms. The highest BCUT2D eigenvalue weighted by Gasteiger charge is 2.57. The Kier molecular flexibility index (Phi) is 4.28. The fourth-order valence-corrected chi connectivity index (χ4v) is 4.32. The molecule has 2 aliphatic rings. The van der Waals surface area contributed by atoms with Crippen molar-refractivity contribution in [1.82, 2.24) is 9.97 Å². The molecule has 1 saturated carbocycles.